The number of imidazole rings is 1. The first-order valence-electron chi connectivity index (χ1n) is 5.71. The van der Waals surface area contributed by atoms with E-state index in [0.29, 0.717) is 5.82 Å². The average Bonchev–Trinajstić information content (AvgIpc) is 2.71. The number of aryl methyl sites for hydroxylation is 1. The van der Waals surface area contributed by atoms with Crippen LogP contribution in [-0.2, 0) is 12.7 Å². The molecule has 4 nitrogen and oxygen atoms in total. The predicted octanol–water partition coefficient (Wildman–Crippen LogP) is 2.96. The second kappa shape index (κ2) is 4.99. The summed E-state index contributed by atoms with van der Waals surface area (Å²) in [5, 5.41) is 8.82. The van der Waals surface area contributed by atoms with Crippen molar-refractivity contribution in [2.45, 2.75) is 19.6 Å². The summed E-state index contributed by atoms with van der Waals surface area (Å²) in [7, 11) is 0. The largest absolute Gasteiger partial charge is 0.476 e. The minimum absolute atomic E-state index is 0.0671. The highest BCUT2D eigenvalue weighted by molar-refractivity contribution is 5.85. The quantitative estimate of drug-likeness (QED) is 0.942. The van der Waals surface area contributed by atoms with E-state index in [-0.39, 0.29) is 17.8 Å². The zero-order valence-corrected chi connectivity index (χ0v) is 10.5. The number of nitrogens with zero attached hydrogens (tertiary/aromatic N) is 2. The number of alkyl halides is 3. The minimum Gasteiger partial charge on any atom is -0.476 e. The van der Waals surface area contributed by atoms with Crippen LogP contribution < -0.4 is 0 Å². The van der Waals surface area contributed by atoms with Crippen LogP contribution in [0.2, 0.25) is 0 Å². The van der Waals surface area contributed by atoms with Crippen LogP contribution >= 0.6 is 0 Å². The lowest BCUT2D eigenvalue weighted by molar-refractivity contribution is -0.138. The number of benzene rings is 1. The minimum atomic E-state index is -4.44. The third kappa shape index (κ3) is 2.81. The first-order chi connectivity index (χ1) is 9.29. The van der Waals surface area contributed by atoms with Crippen LogP contribution in [0, 0.1) is 6.92 Å². The van der Waals surface area contributed by atoms with Gasteiger partial charge < -0.3 is 9.67 Å². The fraction of sp³-hybridized carbons (Fsp3) is 0.231. The van der Waals surface area contributed by atoms with Crippen LogP contribution in [-0.4, -0.2) is 20.6 Å². The first-order valence-corrected chi connectivity index (χ1v) is 5.71. The van der Waals surface area contributed by atoms with Crippen molar-refractivity contribution in [2.75, 3.05) is 0 Å². The van der Waals surface area contributed by atoms with Crippen molar-refractivity contribution in [3.63, 3.8) is 0 Å². The van der Waals surface area contributed by atoms with Crippen LogP contribution in [0.4, 0.5) is 13.2 Å². The molecule has 0 aliphatic heterocycles. The van der Waals surface area contributed by atoms with Gasteiger partial charge in [-0.3, -0.25) is 0 Å². The van der Waals surface area contributed by atoms with Crippen molar-refractivity contribution >= 4 is 5.97 Å². The first kappa shape index (κ1) is 14.1. The molecule has 1 aromatic carbocycles. The molecule has 0 saturated carbocycles. The van der Waals surface area contributed by atoms with Gasteiger partial charge in [0.2, 0.25) is 0 Å². The van der Waals surface area contributed by atoms with Crippen LogP contribution in [0.15, 0.2) is 30.5 Å². The summed E-state index contributed by atoms with van der Waals surface area (Å²) in [4.78, 5) is 14.6. The second-order valence-electron chi connectivity index (χ2n) is 4.26. The Morgan fingerprint density at radius 2 is 2.00 bits per heavy atom. The van der Waals surface area contributed by atoms with Gasteiger partial charge >= 0.3 is 12.1 Å². The number of aromatic nitrogens is 2. The molecule has 0 saturated heterocycles. The Labute approximate surface area is 112 Å². The third-order valence-corrected chi connectivity index (χ3v) is 2.86. The molecule has 2 aromatic rings. The number of aromatic carboxylic acids is 1. The highest BCUT2D eigenvalue weighted by atomic mass is 19.4. The summed E-state index contributed by atoms with van der Waals surface area (Å²) in [5.74, 6) is -0.865. The van der Waals surface area contributed by atoms with E-state index >= 15 is 0 Å². The Morgan fingerprint density at radius 1 is 1.35 bits per heavy atom. The van der Waals surface area contributed by atoms with Crippen LogP contribution in [0.1, 0.15) is 27.4 Å². The molecule has 20 heavy (non-hydrogen) atoms. The number of carboxylic acids is 1. The van der Waals surface area contributed by atoms with Crippen molar-refractivity contribution in [1.29, 1.82) is 0 Å². The van der Waals surface area contributed by atoms with Gasteiger partial charge in [0, 0.05) is 12.7 Å². The second-order valence-corrected chi connectivity index (χ2v) is 4.26. The number of hydrogen-bond donors (Lipinski definition) is 1. The number of carbonyl (C=O) groups is 1. The lowest BCUT2D eigenvalue weighted by Gasteiger charge is -2.13. The van der Waals surface area contributed by atoms with Crippen molar-refractivity contribution < 1.29 is 23.1 Å². The molecule has 0 aliphatic carbocycles. The summed E-state index contributed by atoms with van der Waals surface area (Å²) >= 11 is 0. The van der Waals surface area contributed by atoms with Crippen molar-refractivity contribution in [3.8, 4) is 0 Å². The Morgan fingerprint density at radius 3 is 2.55 bits per heavy atom. The van der Waals surface area contributed by atoms with Gasteiger partial charge in [0.15, 0.2) is 5.69 Å². The highest BCUT2D eigenvalue weighted by Gasteiger charge is 2.33. The maximum atomic E-state index is 12.9. The number of rotatable bonds is 3. The van der Waals surface area contributed by atoms with Crippen LogP contribution in [0.25, 0.3) is 0 Å². The smallest absolute Gasteiger partial charge is 0.416 e. The number of carboxylic acid groups (broad SMARTS) is 1. The Balaban J connectivity index is 2.38. The molecule has 0 fully saturated rings. The SMILES string of the molecule is Cc1nc(C(=O)O)cn1Cc1ccccc1C(F)(F)F. The molecule has 0 unspecified atom stereocenters. The highest BCUT2D eigenvalue weighted by Crippen LogP contribution is 2.32. The van der Waals surface area contributed by atoms with Gasteiger partial charge in [-0.2, -0.15) is 13.2 Å². The summed E-state index contributed by atoms with van der Waals surface area (Å²) in [6, 6.07) is 5.19. The fourth-order valence-electron chi connectivity index (χ4n) is 1.89. The molecule has 0 bridgehead atoms. The molecule has 1 aromatic heterocycles. The molecule has 0 spiro atoms. The lowest BCUT2D eigenvalue weighted by Crippen LogP contribution is -2.12. The maximum Gasteiger partial charge on any atom is 0.416 e. The number of halogens is 3. The Kier molecular flexibility index (Phi) is 3.52. The van der Waals surface area contributed by atoms with Gasteiger partial charge in [0.25, 0.3) is 0 Å². The predicted molar refractivity (Wildman–Crippen MR) is 64.5 cm³/mol. The van der Waals surface area contributed by atoms with E-state index < -0.39 is 17.7 Å². The van der Waals surface area contributed by atoms with E-state index in [9.17, 15) is 18.0 Å². The molecule has 1 heterocycles. The third-order valence-electron chi connectivity index (χ3n) is 2.86. The van der Waals surface area contributed by atoms with E-state index in [4.69, 9.17) is 5.11 Å². The summed E-state index contributed by atoms with van der Waals surface area (Å²) in [5.41, 5.74) is -0.852. The monoisotopic (exact) mass is 284 g/mol. The summed E-state index contributed by atoms with van der Waals surface area (Å²) in [6.07, 6.45) is -3.22. The standard InChI is InChI=1S/C13H11F3N2O2/c1-8-17-11(12(19)20)7-18(8)6-9-4-2-3-5-10(9)13(14,15)16/h2-5,7H,6H2,1H3,(H,19,20). The molecule has 2 rings (SSSR count). The van der Waals surface area contributed by atoms with E-state index in [1.54, 1.807) is 6.92 Å². The molecule has 7 heteroatoms. The van der Waals surface area contributed by atoms with Gasteiger partial charge in [-0.1, -0.05) is 18.2 Å². The van der Waals surface area contributed by atoms with Crippen molar-refractivity contribution in [2.24, 2.45) is 0 Å². The molecule has 0 aliphatic rings. The van der Waals surface area contributed by atoms with Crippen molar-refractivity contribution in [3.05, 3.63) is 53.1 Å². The zero-order chi connectivity index (χ0) is 14.9. The molecular weight excluding hydrogens is 273 g/mol. The molecule has 1 N–H and O–H groups in total. The van der Waals surface area contributed by atoms with Gasteiger partial charge in [-0.15, -0.1) is 0 Å². The normalized spacial score (nSPS) is 11.6. The molecular formula is C13H11F3N2O2. The molecule has 0 amide bonds. The fourth-order valence-corrected chi connectivity index (χ4v) is 1.89. The average molecular weight is 284 g/mol. The zero-order valence-electron chi connectivity index (χ0n) is 10.5. The maximum absolute atomic E-state index is 12.9. The lowest BCUT2D eigenvalue weighted by atomic mass is 10.1. The molecule has 0 atom stereocenters. The van der Waals surface area contributed by atoms with Crippen LogP contribution in [0.3, 0.4) is 0 Å². The Hall–Kier alpha value is -2.31. The van der Waals surface area contributed by atoms with E-state index in [2.05, 4.69) is 4.98 Å². The van der Waals surface area contributed by atoms with E-state index in [0.717, 1.165) is 6.07 Å². The number of hydrogen-bond acceptors (Lipinski definition) is 2. The van der Waals surface area contributed by atoms with Crippen molar-refractivity contribution in [1.82, 2.24) is 9.55 Å². The van der Waals surface area contributed by atoms with E-state index in [1.807, 2.05) is 0 Å². The Bertz CT molecular complexity index is 647. The van der Waals surface area contributed by atoms with Crippen LogP contribution in [0.5, 0.6) is 0 Å². The van der Waals surface area contributed by atoms with Gasteiger partial charge in [-0.05, 0) is 18.6 Å². The van der Waals surface area contributed by atoms with Gasteiger partial charge in [0.1, 0.15) is 5.82 Å². The van der Waals surface area contributed by atoms with Gasteiger partial charge in [-0.25, -0.2) is 9.78 Å². The van der Waals surface area contributed by atoms with Gasteiger partial charge in [0.05, 0.1) is 5.56 Å². The summed E-state index contributed by atoms with van der Waals surface area (Å²) < 4.78 is 40.0. The molecule has 0 radical (unpaired) electrons. The summed E-state index contributed by atoms with van der Waals surface area (Å²) in [6.45, 7) is 1.46. The van der Waals surface area contributed by atoms with E-state index in [1.165, 1.54) is 29.0 Å². The topological polar surface area (TPSA) is 55.1 Å². The molecule has 106 valence electrons.